The highest BCUT2D eigenvalue weighted by Gasteiger charge is 2.07. The maximum absolute atomic E-state index is 13.3. The summed E-state index contributed by atoms with van der Waals surface area (Å²) in [7, 11) is 1.44. The number of aromatic nitrogens is 3. The smallest absolute Gasteiger partial charge is 0.309 e. The molecule has 0 saturated heterocycles. The Morgan fingerprint density at radius 1 is 1.41 bits per heavy atom. The van der Waals surface area contributed by atoms with Crippen LogP contribution in [0.5, 0.6) is 0 Å². The third kappa shape index (κ3) is 2.22. The van der Waals surface area contributed by atoms with E-state index in [1.165, 1.54) is 19.2 Å². The van der Waals surface area contributed by atoms with Gasteiger partial charge in [0.25, 0.3) is 0 Å². The van der Waals surface area contributed by atoms with Crippen LogP contribution in [0.25, 0.3) is 0 Å². The van der Waals surface area contributed by atoms with Crippen LogP contribution in [0.3, 0.4) is 0 Å². The van der Waals surface area contributed by atoms with Crippen molar-refractivity contribution in [2.45, 2.75) is 0 Å². The molecule has 1 heterocycles. The second kappa shape index (κ2) is 4.20. The first kappa shape index (κ1) is 11.1. The van der Waals surface area contributed by atoms with Crippen LogP contribution in [0, 0.1) is 5.82 Å². The number of nitrogens with zero attached hydrogens (tertiary/aromatic N) is 3. The van der Waals surface area contributed by atoms with Crippen LogP contribution < -0.4 is 16.6 Å². The number of nitrogens with two attached hydrogens (primary N) is 1. The van der Waals surface area contributed by atoms with Gasteiger partial charge in [-0.05, 0) is 12.1 Å². The van der Waals surface area contributed by atoms with E-state index in [-0.39, 0.29) is 17.5 Å². The van der Waals surface area contributed by atoms with Crippen molar-refractivity contribution < 1.29 is 4.39 Å². The van der Waals surface area contributed by atoms with Gasteiger partial charge in [0.1, 0.15) is 5.82 Å². The molecule has 88 valence electrons. The number of hydrogen-bond donors (Lipinski definition) is 2. The Morgan fingerprint density at radius 2 is 2.12 bits per heavy atom. The predicted molar refractivity (Wildman–Crippen MR) is 61.4 cm³/mol. The molecular weight excluding hydrogens is 225 g/mol. The summed E-state index contributed by atoms with van der Waals surface area (Å²) < 4.78 is 14.4. The molecule has 0 bridgehead atoms. The number of para-hydroxylation sites is 1. The van der Waals surface area contributed by atoms with Gasteiger partial charge in [-0.1, -0.05) is 12.1 Å². The molecule has 6 nitrogen and oxygen atoms in total. The van der Waals surface area contributed by atoms with Gasteiger partial charge in [-0.3, -0.25) is 4.79 Å². The number of benzene rings is 1. The third-order valence-electron chi connectivity index (χ3n) is 2.10. The van der Waals surface area contributed by atoms with Crippen molar-refractivity contribution in [1.29, 1.82) is 0 Å². The quantitative estimate of drug-likeness (QED) is 0.797. The van der Waals surface area contributed by atoms with Crippen molar-refractivity contribution in [2.75, 3.05) is 11.1 Å². The largest absolute Gasteiger partial charge is 0.379 e. The molecule has 0 radical (unpaired) electrons. The zero-order valence-electron chi connectivity index (χ0n) is 9.01. The molecule has 0 aliphatic carbocycles. The minimum atomic E-state index is -0.496. The Labute approximate surface area is 95.9 Å². The molecule has 1 aromatic heterocycles. The van der Waals surface area contributed by atoms with Gasteiger partial charge in [0.15, 0.2) is 5.82 Å². The lowest BCUT2D eigenvalue weighted by Gasteiger charge is -2.07. The van der Waals surface area contributed by atoms with Crippen molar-refractivity contribution in [1.82, 2.24) is 14.8 Å². The zero-order chi connectivity index (χ0) is 12.4. The Morgan fingerprint density at radius 3 is 2.76 bits per heavy atom. The van der Waals surface area contributed by atoms with Crippen LogP contribution in [-0.2, 0) is 7.05 Å². The summed E-state index contributed by atoms with van der Waals surface area (Å²) in [6.07, 6.45) is 0. The number of aryl methyl sites for hydroxylation is 1. The number of nitrogens with one attached hydrogen (secondary N) is 1. The van der Waals surface area contributed by atoms with Gasteiger partial charge in [-0.2, -0.15) is 4.98 Å². The average molecular weight is 235 g/mol. The SMILES string of the molecule is Cn1nc(Nc2ccccc2F)nc(N)c1=O. The summed E-state index contributed by atoms with van der Waals surface area (Å²) in [6, 6.07) is 6.06. The van der Waals surface area contributed by atoms with Crippen molar-refractivity contribution in [3.05, 3.63) is 40.4 Å². The van der Waals surface area contributed by atoms with Gasteiger partial charge in [0.2, 0.25) is 5.95 Å². The van der Waals surface area contributed by atoms with Crippen LogP contribution in [0.4, 0.5) is 21.8 Å². The van der Waals surface area contributed by atoms with Crippen LogP contribution in [0.1, 0.15) is 0 Å². The standard InChI is InChI=1S/C10H10FN5O/c1-16-9(17)8(12)14-10(15-16)13-7-5-3-2-4-6(7)11/h2-5H,1H3,(H3,12,13,14,15). The molecule has 3 N–H and O–H groups in total. The van der Waals surface area contributed by atoms with Crippen LogP contribution in [0.2, 0.25) is 0 Å². The first-order chi connectivity index (χ1) is 8.08. The van der Waals surface area contributed by atoms with Crippen LogP contribution in [0.15, 0.2) is 29.1 Å². The Balaban J connectivity index is 2.38. The van der Waals surface area contributed by atoms with E-state index in [4.69, 9.17) is 5.73 Å². The molecule has 0 aliphatic rings. The molecule has 0 spiro atoms. The molecule has 1 aromatic carbocycles. The summed E-state index contributed by atoms with van der Waals surface area (Å²) in [5.41, 5.74) is 5.11. The average Bonchev–Trinajstić information content (AvgIpc) is 2.29. The lowest BCUT2D eigenvalue weighted by atomic mass is 10.3. The first-order valence-electron chi connectivity index (χ1n) is 4.80. The molecule has 0 atom stereocenters. The fourth-order valence-electron chi connectivity index (χ4n) is 1.27. The molecule has 7 heteroatoms. The first-order valence-corrected chi connectivity index (χ1v) is 4.80. The normalized spacial score (nSPS) is 10.2. The van der Waals surface area contributed by atoms with Crippen molar-refractivity contribution in [3.8, 4) is 0 Å². The van der Waals surface area contributed by atoms with Gasteiger partial charge in [-0.25, -0.2) is 9.07 Å². The van der Waals surface area contributed by atoms with E-state index >= 15 is 0 Å². The minimum absolute atomic E-state index is 0.0645. The Bertz CT molecular complexity index is 584. The van der Waals surface area contributed by atoms with Gasteiger partial charge in [-0.15, -0.1) is 5.10 Å². The maximum Gasteiger partial charge on any atom is 0.309 e. The lowest BCUT2D eigenvalue weighted by Crippen LogP contribution is -2.25. The number of nitrogen functional groups attached to an aromatic ring is 1. The fourth-order valence-corrected chi connectivity index (χ4v) is 1.27. The van der Waals surface area contributed by atoms with E-state index in [1.807, 2.05) is 0 Å². The van der Waals surface area contributed by atoms with Gasteiger partial charge < -0.3 is 11.1 Å². The van der Waals surface area contributed by atoms with E-state index in [0.29, 0.717) is 0 Å². The van der Waals surface area contributed by atoms with Gasteiger partial charge in [0, 0.05) is 7.05 Å². The summed E-state index contributed by atoms with van der Waals surface area (Å²) in [5, 5.41) is 6.45. The number of anilines is 3. The monoisotopic (exact) mass is 235 g/mol. The van der Waals surface area contributed by atoms with E-state index in [0.717, 1.165) is 4.68 Å². The molecular formula is C10H10FN5O. The van der Waals surface area contributed by atoms with Crippen LogP contribution in [-0.4, -0.2) is 14.8 Å². The van der Waals surface area contributed by atoms with Crippen LogP contribution >= 0.6 is 0 Å². The topological polar surface area (TPSA) is 85.8 Å². The number of hydrogen-bond acceptors (Lipinski definition) is 5. The summed E-state index contributed by atoms with van der Waals surface area (Å²) >= 11 is 0. The van der Waals surface area contributed by atoms with E-state index in [9.17, 15) is 9.18 Å². The van der Waals surface area contributed by atoms with Crippen molar-refractivity contribution >= 4 is 17.5 Å². The molecule has 0 fully saturated rings. The highest BCUT2D eigenvalue weighted by molar-refractivity contribution is 5.54. The van der Waals surface area contributed by atoms with Crippen molar-refractivity contribution in [2.24, 2.45) is 7.05 Å². The maximum atomic E-state index is 13.3. The second-order valence-corrected chi connectivity index (χ2v) is 3.35. The zero-order valence-corrected chi connectivity index (χ0v) is 9.01. The Hall–Kier alpha value is -2.44. The summed E-state index contributed by atoms with van der Waals surface area (Å²) in [5.74, 6) is -0.570. The molecule has 0 aliphatic heterocycles. The summed E-state index contributed by atoms with van der Waals surface area (Å²) in [6.45, 7) is 0. The van der Waals surface area contributed by atoms with Gasteiger partial charge >= 0.3 is 5.56 Å². The van der Waals surface area contributed by atoms with E-state index in [2.05, 4.69) is 15.4 Å². The lowest BCUT2D eigenvalue weighted by molar-refractivity contribution is 0.630. The highest BCUT2D eigenvalue weighted by Crippen LogP contribution is 2.15. The third-order valence-corrected chi connectivity index (χ3v) is 2.10. The number of rotatable bonds is 2. The van der Waals surface area contributed by atoms with Gasteiger partial charge in [0.05, 0.1) is 5.69 Å². The molecule has 17 heavy (non-hydrogen) atoms. The molecule has 0 amide bonds. The molecule has 2 aromatic rings. The molecule has 2 rings (SSSR count). The predicted octanol–water partition coefficient (Wildman–Crippen LogP) is 0.640. The van der Waals surface area contributed by atoms with E-state index in [1.54, 1.807) is 12.1 Å². The minimum Gasteiger partial charge on any atom is -0.379 e. The van der Waals surface area contributed by atoms with Crippen molar-refractivity contribution in [3.63, 3.8) is 0 Å². The Kier molecular flexibility index (Phi) is 2.73. The summed E-state index contributed by atoms with van der Waals surface area (Å²) in [4.78, 5) is 15.0. The fraction of sp³-hybridized carbons (Fsp3) is 0.100. The second-order valence-electron chi connectivity index (χ2n) is 3.35. The highest BCUT2D eigenvalue weighted by atomic mass is 19.1. The number of halogens is 1. The molecule has 0 saturated carbocycles. The molecule has 0 unspecified atom stereocenters. The van der Waals surface area contributed by atoms with E-state index < -0.39 is 11.4 Å².